The maximum atomic E-state index is 10.9. The molecular weight excluding hydrogens is 162 g/mol. The fourth-order valence-corrected chi connectivity index (χ4v) is 0.994. The Labute approximate surface area is 68.3 Å². The summed E-state index contributed by atoms with van der Waals surface area (Å²) in [6.45, 7) is 6.74. The molecule has 0 saturated heterocycles. The highest BCUT2D eigenvalue weighted by molar-refractivity contribution is 7.90. The van der Waals surface area contributed by atoms with Crippen LogP contribution in [-0.4, -0.2) is 13.2 Å². The van der Waals surface area contributed by atoms with Crippen LogP contribution in [0.1, 0.15) is 26.7 Å². The zero-order valence-corrected chi connectivity index (χ0v) is 7.82. The highest BCUT2D eigenvalue weighted by atomic mass is 32.2. The first-order valence-electron chi connectivity index (χ1n) is 3.44. The molecule has 11 heavy (non-hydrogen) atoms. The van der Waals surface area contributed by atoms with Crippen LogP contribution in [0.5, 0.6) is 0 Å². The molecular formula is C7H15NO2S. The van der Waals surface area contributed by atoms with Gasteiger partial charge in [-0.25, -0.2) is 13.6 Å². The van der Waals surface area contributed by atoms with Crippen LogP contribution in [-0.2, 0) is 10.0 Å². The lowest BCUT2D eigenvalue weighted by atomic mass is 10.1. The quantitative estimate of drug-likeness (QED) is 0.652. The van der Waals surface area contributed by atoms with Gasteiger partial charge in [0.1, 0.15) is 0 Å². The van der Waals surface area contributed by atoms with Crippen LogP contribution in [0.4, 0.5) is 0 Å². The molecule has 0 aromatic carbocycles. The van der Waals surface area contributed by atoms with Crippen molar-refractivity contribution in [3.8, 4) is 0 Å². The lowest BCUT2D eigenvalue weighted by Gasteiger charge is -2.20. The molecule has 0 heterocycles. The Hall–Kier alpha value is -0.350. The minimum atomic E-state index is -3.42. The van der Waals surface area contributed by atoms with Gasteiger partial charge in [0, 0.05) is 0 Å². The molecule has 0 aromatic heterocycles. The molecule has 66 valence electrons. The average Bonchev–Trinajstić information content (AvgIpc) is 1.81. The van der Waals surface area contributed by atoms with Gasteiger partial charge in [0.25, 0.3) is 0 Å². The summed E-state index contributed by atoms with van der Waals surface area (Å²) >= 11 is 0. The predicted octanol–water partition coefficient (Wildman–Crippen LogP) is 1.02. The molecule has 0 atom stereocenters. The van der Waals surface area contributed by atoms with E-state index in [4.69, 9.17) is 5.14 Å². The maximum Gasteiger partial charge on any atom is 0.214 e. The third-order valence-electron chi connectivity index (χ3n) is 1.72. The molecule has 0 aromatic rings. The highest BCUT2D eigenvalue weighted by Crippen LogP contribution is 2.19. The van der Waals surface area contributed by atoms with Crippen LogP contribution in [0.25, 0.3) is 0 Å². The van der Waals surface area contributed by atoms with E-state index in [0.29, 0.717) is 12.8 Å². The summed E-state index contributed by atoms with van der Waals surface area (Å²) in [7, 11) is -3.42. The van der Waals surface area contributed by atoms with E-state index in [1.165, 1.54) is 0 Å². The molecule has 0 rings (SSSR count). The first kappa shape index (κ1) is 10.7. The average molecular weight is 177 g/mol. The molecule has 0 radical (unpaired) electrons. The van der Waals surface area contributed by atoms with Crippen molar-refractivity contribution in [2.75, 3.05) is 0 Å². The number of sulfonamides is 1. The Morgan fingerprint density at radius 2 is 2.00 bits per heavy atom. The molecule has 0 fully saturated rings. The Kier molecular flexibility index (Phi) is 3.26. The molecule has 0 amide bonds. The van der Waals surface area contributed by atoms with E-state index in [2.05, 4.69) is 6.58 Å². The van der Waals surface area contributed by atoms with Crippen molar-refractivity contribution in [1.29, 1.82) is 0 Å². The fraction of sp³-hybridized carbons (Fsp3) is 0.714. The highest BCUT2D eigenvalue weighted by Gasteiger charge is 2.29. The van der Waals surface area contributed by atoms with Gasteiger partial charge >= 0.3 is 0 Å². The summed E-state index contributed by atoms with van der Waals surface area (Å²) < 4.78 is 21.0. The first-order valence-corrected chi connectivity index (χ1v) is 4.99. The lowest BCUT2D eigenvalue weighted by molar-refractivity contribution is 0.531. The summed E-state index contributed by atoms with van der Waals surface area (Å²) in [5, 5.41) is 4.99. The van der Waals surface area contributed by atoms with Crippen molar-refractivity contribution >= 4 is 10.0 Å². The maximum absolute atomic E-state index is 10.9. The SMILES string of the molecule is C=CCCC(C)(C)S(N)(=O)=O. The summed E-state index contributed by atoms with van der Waals surface area (Å²) in [5.41, 5.74) is 0. The van der Waals surface area contributed by atoms with Crippen molar-refractivity contribution in [2.45, 2.75) is 31.4 Å². The van der Waals surface area contributed by atoms with E-state index < -0.39 is 14.8 Å². The monoisotopic (exact) mass is 177 g/mol. The van der Waals surface area contributed by atoms with Crippen molar-refractivity contribution < 1.29 is 8.42 Å². The summed E-state index contributed by atoms with van der Waals surface area (Å²) in [6, 6.07) is 0. The number of hydrogen-bond donors (Lipinski definition) is 1. The van der Waals surface area contributed by atoms with Crippen molar-refractivity contribution in [3.63, 3.8) is 0 Å². The van der Waals surface area contributed by atoms with Gasteiger partial charge in [0.05, 0.1) is 4.75 Å². The second kappa shape index (κ2) is 3.36. The number of hydrogen-bond acceptors (Lipinski definition) is 2. The first-order chi connectivity index (χ1) is 4.81. The Morgan fingerprint density at radius 3 is 2.27 bits per heavy atom. The smallest absolute Gasteiger partial charge is 0.214 e. The molecule has 0 saturated carbocycles. The molecule has 0 unspecified atom stereocenters. The van der Waals surface area contributed by atoms with Gasteiger partial charge in [-0.3, -0.25) is 0 Å². The van der Waals surface area contributed by atoms with Gasteiger partial charge in [0.15, 0.2) is 0 Å². The van der Waals surface area contributed by atoms with Crippen LogP contribution >= 0.6 is 0 Å². The van der Waals surface area contributed by atoms with Gasteiger partial charge in [-0.15, -0.1) is 6.58 Å². The minimum absolute atomic E-state index is 0.523. The van der Waals surface area contributed by atoms with Gasteiger partial charge in [0.2, 0.25) is 10.0 Å². The number of allylic oxidation sites excluding steroid dienone is 1. The van der Waals surface area contributed by atoms with E-state index in [1.807, 2.05) is 0 Å². The summed E-state index contributed by atoms with van der Waals surface area (Å²) in [6.07, 6.45) is 2.88. The molecule has 2 N–H and O–H groups in total. The normalized spacial score (nSPS) is 13.0. The van der Waals surface area contributed by atoms with E-state index in [9.17, 15) is 8.42 Å². The van der Waals surface area contributed by atoms with Crippen molar-refractivity contribution in [2.24, 2.45) is 5.14 Å². The van der Waals surface area contributed by atoms with Crippen LogP contribution < -0.4 is 5.14 Å². The Bertz CT molecular complexity index is 229. The molecule has 0 spiro atoms. The van der Waals surface area contributed by atoms with E-state index in [-0.39, 0.29) is 0 Å². The van der Waals surface area contributed by atoms with Crippen LogP contribution in [0, 0.1) is 0 Å². The molecule has 4 heteroatoms. The number of primary sulfonamides is 1. The number of rotatable bonds is 4. The molecule has 0 aliphatic heterocycles. The van der Waals surface area contributed by atoms with Gasteiger partial charge in [-0.2, -0.15) is 0 Å². The van der Waals surface area contributed by atoms with Gasteiger partial charge in [-0.05, 0) is 26.7 Å². The standard InChI is InChI=1S/C7H15NO2S/c1-4-5-6-7(2,3)11(8,9)10/h4H,1,5-6H2,2-3H3,(H2,8,9,10). The van der Waals surface area contributed by atoms with Crippen molar-refractivity contribution in [1.82, 2.24) is 0 Å². The van der Waals surface area contributed by atoms with Gasteiger partial charge in [-0.1, -0.05) is 6.08 Å². The predicted molar refractivity (Wildman–Crippen MR) is 46.6 cm³/mol. The number of nitrogens with two attached hydrogens (primary N) is 1. The molecule has 0 aliphatic carbocycles. The summed E-state index contributed by atoms with van der Waals surface area (Å²) in [5.74, 6) is 0. The zero-order chi connectivity index (χ0) is 9.12. The molecule has 0 bridgehead atoms. The Morgan fingerprint density at radius 1 is 1.55 bits per heavy atom. The zero-order valence-electron chi connectivity index (χ0n) is 7.00. The van der Waals surface area contributed by atoms with Crippen molar-refractivity contribution in [3.05, 3.63) is 12.7 Å². The van der Waals surface area contributed by atoms with E-state index >= 15 is 0 Å². The fourth-order valence-electron chi connectivity index (χ4n) is 0.592. The van der Waals surface area contributed by atoms with Crippen LogP contribution in [0.3, 0.4) is 0 Å². The minimum Gasteiger partial charge on any atom is -0.228 e. The lowest BCUT2D eigenvalue weighted by Crippen LogP contribution is -2.37. The molecule has 0 aliphatic rings. The van der Waals surface area contributed by atoms with E-state index in [0.717, 1.165) is 0 Å². The third-order valence-corrected chi connectivity index (χ3v) is 3.47. The van der Waals surface area contributed by atoms with E-state index in [1.54, 1.807) is 19.9 Å². The van der Waals surface area contributed by atoms with Crippen LogP contribution in [0.15, 0.2) is 12.7 Å². The largest absolute Gasteiger partial charge is 0.228 e. The topological polar surface area (TPSA) is 60.2 Å². The second-order valence-electron chi connectivity index (χ2n) is 3.13. The Balaban J connectivity index is 4.35. The summed E-state index contributed by atoms with van der Waals surface area (Å²) in [4.78, 5) is 0. The second-order valence-corrected chi connectivity index (χ2v) is 5.33. The van der Waals surface area contributed by atoms with Gasteiger partial charge < -0.3 is 0 Å². The third kappa shape index (κ3) is 3.03. The van der Waals surface area contributed by atoms with Crippen LogP contribution in [0.2, 0.25) is 0 Å². The molecule has 3 nitrogen and oxygen atoms in total.